The molecule has 1 spiro atoms. The van der Waals surface area contributed by atoms with Gasteiger partial charge in [-0.15, -0.1) is 0 Å². The highest BCUT2D eigenvalue weighted by Gasteiger charge is 2.35. The Balaban J connectivity index is 1.91. The van der Waals surface area contributed by atoms with E-state index in [4.69, 9.17) is 4.74 Å². The van der Waals surface area contributed by atoms with Crippen LogP contribution in [0, 0.1) is 5.82 Å². The molecule has 92 valence electrons. The summed E-state index contributed by atoms with van der Waals surface area (Å²) in [4.78, 5) is 0. The van der Waals surface area contributed by atoms with Crippen molar-refractivity contribution in [2.24, 2.45) is 0 Å². The third kappa shape index (κ3) is 2.02. The molecule has 0 unspecified atom stereocenters. The summed E-state index contributed by atoms with van der Waals surface area (Å²) < 4.78 is 19.3. The summed E-state index contributed by atoms with van der Waals surface area (Å²) in [5, 5.41) is 6.85. The Labute approximate surface area is 108 Å². The Morgan fingerprint density at radius 2 is 2.00 bits per heavy atom. The summed E-state index contributed by atoms with van der Waals surface area (Å²) in [7, 11) is 0. The minimum absolute atomic E-state index is 0.0581. The molecule has 0 aliphatic carbocycles. The van der Waals surface area contributed by atoms with Gasteiger partial charge in [-0.25, -0.2) is 4.39 Å². The molecule has 1 aromatic rings. The van der Waals surface area contributed by atoms with Crippen LogP contribution in [0.1, 0.15) is 12.8 Å². The van der Waals surface area contributed by atoms with E-state index in [2.05, 4.69) is 26.6 Å². The lowest BCUT2D eigenvalue weighted by Crippen LogP contribution is -2.51. The van der Waals surface area contributed by atoms with E-state index in [1.807, 2.05) is 0 Å². The predicted molar refractivity (Wildman–Crippen MR) is 69.0 cm³/mol. The lowest BCUT2D eigenvalue weighted by atomic mass is 9.87. The molecule has 1 aromatic carbocycles. The van der Waals surface area contributed by atoms with Crippen LogP contribution in [0.2, 0.25) is 0 Å². The highest BCUT2D eigenvalue weighted by molar-refractivity contribution is 9.10. The second-order valence-corrected chi connectivity index (χ2v) is 5.54. The van der Waals surface area contributed by atoms with E-state index in [-0.39, 0.29) is 11.4 Å². The fraction of sp³-hybridized carbons (Fsp3) is 0.500. The van der Waals surface area contributed by atoms with Crippen molar-refractivity contribution in [1.82, 2.24) is 0 Å². The van der Waals surface area contributed by atoms with Crippen molar-refractivity contribution in [3.63, 3.8) is 0 Å². The van der Waals surface area contributed by atoms with Crippen LogP contribution < -0.4 is 10.6 Å². The quantitative estimate of drug-likeness (QED) is 0.773. The minimum Gasteiger partial charge on any atom is -0.381 e. The number of halogens is 2. The third-order valence-electron chi connectivity index (χ3n) is 3.53. The summed E-state index contributed by atoms with van der Waals surface area (Å²) in [5.41, 5.74) is 1.86. The molecule has 1 saturated heterocycles. The third-order valence-corrected chi connectivity index (χ3v) is 4.14. The zero-order valence-corrected chi connectivity index (χ0v) is 10.9. The molecule has 2 aliphatic rings. The summed E-state index contributed by atoms with van der Waals surface area (Å²) in [5.74, 6) is -0.235. The van der Waals surface area contributed by atoms with Gasteiger partial charge in [-0.3, -0.25) is 0 Å². The molecule has 2 N–H and O–H groups in total. The molecular weight excluding hydrogens is 287 g/mol. The number of hydrogen-bond acceptors (Lipinski definition) is 3. The SMILES string of the molecule is Fc1cc2c(cc1Br)NC1(CCOCC1)CN2. The Hall–Kier alpha value is -0.810. The van der Waals surface area contributed by atoms with Gasteiger partial charge in [0.25, 0.3) is 0 Å². The largest absolute Gasteiger partial charge is 0.381 e. The number of nitrogens with one attached hydrogen (secondary N) is 2. The maximum absolute atomic E-state index is 13.4. The summed E-state index contributed by atoms with van der Waals surface area (Å²) >= 11 is 3.22. The first-order valence-corrected chi connectivity index (χ1v) is 6.57. The molecule has 0 aromatic heterocycles. The number of fused-ring (bicyclic) bond motifs is 1. The zero-order valence-electron chi connectivity index (χ0n) is 9.35. The van der Waals surface area contributed by atoms with Crippen molar-refractivity contribution in [2.45, 2.75) is 18.4 Å². The fourth-order valence-electron chi connectivity index (χ4n) is 2.45. The minimum atomic E-state index is -0.235. The van der Waals surface area contributed by atoms with E-state index >= 15 is 0 Å². The summed E-state index contributed by atoms with van der Waals surface area (Å²) in [6.45, 7) is 2.39. The molecule has 1 fully saturated rings. The van der Waals surface area contributed by atoms with E-state index in [0.29, 0.717) is 4.47 Å². The van der Waals surface area contributed by atoms with Gasteiger partial charge in [0.15, 0.2) is 0 Å². The van der Waals surface area contributed by atoms with Crippen LogP contribution in [0.15, 0.2) is 16.6 Å². The molecule has 2 heterocycles. The Morgan fingerprint density at radius 3 is 2.76 bits per heavy atom. The molecule has 0 amide bonds. The molecule has 3 rings (SSSR count). The van der Waals surface area contributed by atoms with E-state index in [1.54, 1.807) is 6.07 Å². The lowest BCUT2D eigenvalue weighted by molar-refractivity contribution is 0.0634. The first kappa shape index (κ1) is 11.3. The topological polar surface area (TPSA) is 33.3 Å². The van der Waals surface area contributed by atoms with Crippen LogP contribution in [0.5, 0.6) is 0 Å². The number of ether oxygens (including phenoxy) is 1. The molecule has 2 aliphatic heterocycles. The van der Waals surface area contributed by atoms with Crippen molar-refractivity contribution in [2.75, 3.05) is 30.4 Å². The standard InChI is InChI=1S/C12H14BrFN2O/c13-8-5-11-10(6-9(8)14)15-7-12(16-11)1-3-17-4-2-12/h5-6,15-16H,1-4,7H2. The number of benzene rings is 1. The van der Waals surface area contributed by atoms with Gasteiger partial charge < -0.3 is 15.4 Å². The van der Waals surface area contributed by atoms with Crippen molar-refractivity contribution in [3.05, 3.63) is 22.4 Å². The van der Waals surface area contributed by atoms with Crippen LogP contribution in [0.25, 0.3) is 0 Å². The normalized spacial score (nSPS) is 21.5. The molecule has 5 heteroatoms. The van der Waals surface area contributed by atoms with Gasteiger partial charge >= 0.3 is 0 Å². The first-order valence-electron chi connectivity index (χ1n) is 5.77. The second-order valence-electron chi connectivity index (χ2n) is 4.68. The van der Waals surface area contributed by atoms with Gasteiger partial charge in [-0.05, 0) is 34.8 Å². The van der Waals surface area contributed by atoms with Gasteiger partial charge in [0.2, 0.25) is 0 Å². The number of hydrogen-bond donors (Lipinski definition) is 2. The van der Waals surface area contributed by atoms with Crippen molar-refractivity contribution >= 4 is 27.3 Å². The number of rotatable bonds is 0. The molecule has 17 heavy (non-hydrogen) atoms. The van der Waals surface area contributed by atoms with Gasteiger partial charge in [-0.1, -0.05) is 0 Å². The lowest BCUT2D eigenvalue weighted by Gasteiger charge is -2.43. The average Bonchev–Trinajstić information content (AvgIpc) is 2.33. The molecule has 0 radical (unpaired) electrons. The van der Waals surface area contributed by atoms with Crippen LogP contribution in [-0.4, -0.2) is 25.3 Å². The highest BCUT2D eigenvalue weighted by atomic mass is 79.9. The fourth-order valence-corrected chi connectivity index (χ4v) is 2.80. The van der Waals surface area contributed by atoms with E-state index in [9.17, 15) is 4.39 Å². The van der Waals surface area contributed by atoms with E-state index in [0.717, 1.165) is 44.0 Å². The zero-order chi connectivity index (χ0) is 11.9. The Kier molecular flexibility index (Phi) is 2.75. The number of anilines is 2. The van der Waals surface area contributed by atoms with E-state index in [1.165, 1.54) is 6.07 Å². The monoisotopic (exact) mass is 300 g/mol. The smallest absolute Gasteiger partial charge is 0.139 e. The molecule has 0 bridgehead atoms. The summed E-state index contributed by atoms with van der Waals surface area (Å²) in [6, 6.07) is 3.33. The molecule has 0 atom stereocenters. The van der Waals surface area contributed by atoms with Crippen molar-refractivity contribution in [1.29, 1.82) is 0 Å². The first-order chi connectivity index (χ1) is 8.19. The Bertz CT molecular complexity index is 446. The van der Waals surface area contributed by atoms with Crippen molar-refractivity contribution in [3.8, 4) is 0 Å². The van der Waals surface area contributed by atoms with Gasteiger partial charge in [0.05, 0.1) is 21.4 Å². The van der Waals surface area contributed by atoms with Crippen LogP contribution in [0.3, 0.4) is 0 Å². The molecule has 0 saturated carbocycles. The van der Waals surface area contributed by atoms with Crippen LogP contribution >= 0.6 is 15.9 Å². The summed E-state index contributed by atoms with van der Waals surface area (Å²) in [6.07, 6.45) is 1.96. The second kappa shape index (κ2) is 4.14. The van der Waals surface area contributed by atoms with Gasteiger partial charge in [0.1, 0.15) is 5.82 Å². The van der Waals surface area contributed by atoms with Gasteiger partial charge in [-0.2, -0.15) is 0 Å². The van der Waals surface area contributed by atoms with Gasteiger partial charge in [0, 0.05) is 25.8 Å². The molecular formula is C12H14BrFN2O. The van der Waals surface area contributed by atoms with Crippen LogP contribution in [-0.2, 0) is 4.74 Å². The molecule has 3 nitrogen and oxygen atoms in total. The van der Waals surface area contributed by atoms with Crippen LogP contribution in [0.4, 0.5) is 15.8 Å². The maximum atomic E-state index is 13.4. The van der Waals surface area contributed by atoms with E-state index < -0.39 is 0 Å². The highest BCUT2D eigenvalue weighted by Crippen LogP contribution is 2.37. The predicted octanol–water partition coefficient (Wildman–Crippen LogP) is 2.97. The maximum Gasteiger partial charge on any atom is 0.139 e. The average molecular weight is 301 g/mol. The Morgan fingerprint density at radius 1 is 1.24 bits per heavy atom. The van der Waals surface area contributed by atoms with Crippen molar-refractivity contribution < 1.29 is 9.13 Å².